The van der Waals surface area contributed by atoms with Gasteiger partial charge in [-0.2, -0.15) is 0 Å². The molecule has 0 spiro atoms. The van der Waals surface area contributed by atoms with Crippen molar-refractivity contribution in [2.24, 2.45) is 0 Å². The lowest BCUT2D eigenvalue weighted by atomic mass is 10.0. The Morgan fingerprint density at radius 1 is 1.26 bits per heavy atom. The van der Waals surface area contributed by atoms with E-state index in [-0.39, 0.29) is 5.56 Å². The van der Waals surface area contributed by atoms with Crippen LogP contribution in [-0.4, -0.2) is 9.78 Å². The Kier molecular flexibility index (Phi) is 4.25. The van der Waals surface area contributed by atoms with Gasteiger partial charge >= 0.3 is 0 Å². The zero-order chi connectivity index (χ0) is 13.8. The van der Waals surface area contributed by atoms with Crippen molar-refractivity contribution < 1.29 is 0 Å². The normalized spacial score (nSPS) is 10.9. The largest absolute Gasteiger partial charge is 0.284 e. The third kappa shape index (κ3) is 2.80. The van der Waals surface area contributed by atoms with E-state index in [0.29, 0.717) is 0 Å². The van der Waals surface area contributed by atoms with Crippen LogP contribution in [0.15, 0.2) is 29.1 Å². The van der Waals surface area contributed by atoms with Crippen LogP contribution in [0.25, 0.3) is 11.3 Å². The lowest BCUT2D eigenvalue weighted by molar-refractivity contribution is 0.659. The molecule has 0 amide bonds. The van der Waals surface area contributed by atoms with Crippen molar-refractivity contribution in [3.8, 4) is 11.3 Å². The smallest absolute Gasteiger partial charge is 0.267 e. The van der Waals surface area contributed by atoms with Crippen molar-refractivity contribution in [3.63, 3.8) is 0 Å². The first-order valence-electron chi connectivity index (χ1n) is 7.06. The van der Waals surface area contributed by atoms with Crippen LogP contribution in [0.2, 0.25) is 0 Å². The number of hydrogen-bond acceptors (Lipinski definition) is 1. The average Bonchev–Trinajstić information content (AvgIpc) is 2.72. The molecular formula is C16H22N2O. The van der Waals surface area contributed by atoms with Crippen LogP contribution in [0.1, 0.15) is 37.8 Å². The van der Waals surface area contributed by atoms with Gasteiger partial charge in [-0.25, -0.2) is 0 Å². The molecule has 2 rings (SSSR count). The Morgan fingerprint density at radius 3 is 2.68 bits per heavy atom. The summed E-state index contributed by atoms with van der Waals surface area (Å²) in [6.07, 6.45) is 3.00. The van der Waals surface area contributed by atoms with Gasteiger partial charge in [0.05, 0.1) is 5.69 Å². The molecule has 1 aromatic carbocycles. The van der Waals surface area contributed by atoms with Gasteiger partial charge in [0.1, 0.15) is 0 Å². The van der Waals surface area contributed by atoms with E-state index in [2.05, 4.69) is 44.1 Å². The SMILES string of the molecule is CCCCc1c(-c2cccc(C)c2)n(CC)[nH]c1=O. The summed E-state index contributed by atoms with van der Waals surface area (Å²) in [5.41, 5.74) is 4.40. The Hall–Kier alpha value is -1.77. The van der Waals surface area contributed by atoms with Gasteiger partial charge in [-0.3, -0.25) is 14.6 Å². The molecule has 0 aliphatic heterocycles. The van der Waals surface area contributed by atoms with Gasteiger partial charge in [0.25, 0.3) is 5.56 Å². The van der Waals surface area contributed by atoms with E-state index in [9.17, 15) is 4.79 Å². The van der Waals surface area contributed by atoms with E-state index < -0.39 is 0 Å². The highest BCUT2D eigenvalue weighted by atomic mass is 16.1. The highest BCUT2D eigenvalue weighted by Gasteiger charge is 2.15. The van der Waals surface area contributed by atoms with Crippen molar-refractivity contribution in [1.29, 1.82) is 0 Å². The van der Waals surface area contributed by atoms with Crippen molar-refractivity contribution in [2.75, 3.05) is 0 Å². The number of nitrogens with one attached hydrogen (secondary N) is 1. The third-order valence-corrected chi connectivity index (χ3v) is 3.45. The van der Waals surface area contributed by atoms with E-state index in [0.717, 1.165) is 42.6 Å². The first-order valence-corrected chi connectivity index (χ1v) is 7.06. The highest BCUT2D eigenvalue weighted by Crippen LogP contribution is 2.23. The van der Waals surface area contributed by atoms with Gasteiger partial charge in [0, 0.05) is 17.7 Å². The molecule has 0 radical (unpaired) electrons. The highest BCUT2D eigenvalue weighted by molar-refractivity contribution is 5.64. The number of aromatic nitrogens is 2. The fourth-order valence-corrected chi connectivity index (χ4v) is 2.46. The first kappa shape index (κ1) is 13.7. The molecule has 0 saturated carbocycles. The summed E-state index contributed by atoms with van der Waals surface area (Å²) in [4.78, 5) is 12.1. The number of aryl methyl sites for hydroxylation is 2. The fraction of sp³-hybridized carbons (Fsp3) is 0.438. The predicted molar refractivity (Wildman–Crippen MR) is 79.5 cm³/mol. The number of nitrogens with zero attached hydrogens (tertiary/aromatic N) is 1. The molecule has 0 fully saturated rings. The Balaban J connectivity index is 2.56. The van der Waals surface area contributed by atoms with Gasteiger partial charge in [-0.05, 0) is 32.8 Å². The average molecular weight is 258 g/mol. The maximum atomic E-state index is 12.1. The summed E-state index contributed by atoms with van der Waals surface area (Å²) in [5.74, 6) is 0. The molecule has 0 saturated heterocycles. The second-order valence-corrected chi connectivity index (χ2v) is 4.99. The molecule has 102 valence electrons. The van der Waals surface area contributed by atoms with Crippen LogP contribution < -0.4 is 5.56 Å². The lowest BCUT2D eigenvalue weighted by Crippen LogP contribution is -2.07. The lowest BCUT2D eigenvalue weighted by Gasteiger charge is -2.09. The quantitative estimate of drug-likeness (QED) is 0.875. The molecule has 1 heterocycles. The molecule has 0 atom stereocenters. The monoisotopic (exact) mass is 258 g/mol. The summed E-state index contributed by atoms with van der Waals surface area (Å²) in [6.45, 7) is 7.07. The minimum absolute atomic E-state index is 0.0619. The molecular weight excluding hydrogens is 236 g/mol. The zero-order valence-electron chi connectivity index (χ0n) is 12.0. The van der Waals surface area contributed by atoms with E-state index in [1.807, 2.05) is 10.7 Å². The summed E-state index contributed by atoms with van der Waals surface area (Å²) in [5, 5.41) is 2.95. The van der Waals surface area contributed by atoms with E-state index in [4.69, 9.17) is 0 Å². The molecule has 0 bridgehead atoms. The molecule has 19 heavy (non-hydrogen) atoms. The molecule has 3 nitrogen and oxygen atoms in total. The Labute approximate surface area is 114 Å². The van der Waals surface area contributed by atoms with Crippen LogP contribution in [0.4, 0.5) is 0 Å². The van der Waals surface area contributed by atoms with Gasteiger partial charge in [0.2, 0.25) is 0 Å². The van der Waals surface area contributed by atoms with E-state index >= 15 is 0 Å². The maximum absolute atomic E-state index is 12.1. The molecule has 0 aliphatic rings. The van der Waals surface area contributed by atoms with Crippen LogP contribution in [0, 0.1) is 6.92 Å². The van der Waals surface area contributed by atoms with Crippen LogP contribution in [0.5, 0.6) is 0 Å². The third-order valence-electron chi connectivity index (χ3n) is 3.45. The minimum Gasteiger partial charge on any atom is -0.284 e. The summed E-state index contributed by atoms with van der Waals surface area (Å²) < 4.78 is 1.96. The Morgan fingerprint density at radius 2 is 2.05 bits per heavy atom. The molecule has 3 heteroatoms. The van der Waals surface area contributed by atoms with Crippen molar-refractivity contribution >= 4 is 0 Å². The van der Waals surface area contributed by atoms with Crippen molar-refractivity contribution in [3.05, 3.63) is 45.7 Å². The molecule has 1 aromatic heterocycles. The maximum Gasteiger partial charge on any atom is 0.267 e. The van der Waals surface area contributed by atoms with Crippen LogP contribution in [0.3, 0.4) is 0 Å². The van der Waals surface area contributed by atoms with Gasteiger partial charge < -0.3 is 0 Å². The standard InChI is InChI=1S/C16H22N2O/c1-4-6-10-14-15(18(5-2)17-16(14)19)13-9-7-8-12(3)11-13/h7-9,11H,4-6,10H2,1-3H3,(H,17,19). The van der Waals surface area contributed by atoms with Crippen LogP contribution in [-0.2, 0) is 13.0 Å². The summed E-state index contributed by atoms with van der Waals surface area (Å²) in [6, 6.07) is 8.35. The number of H-pyrrole nitrogens is 1. The molecule has 1 N–H and O–H groups in total. The number of hydrogen-bond donors (Lipinski definition) is 1. The minimum atomic E-state index is 0.0619. The molecule has 0 unspecified atom stereocenters. The van der Waals surface area contributed by atoms with Crippen LogP contribution >= 0.6 is 0 Å². The first-order chi connectivity index (χ1) is 9.17. The van der Waals surface area contributed by atoms with Crippen molar-refractivity contribution in [1.82, 2.24) is 9.78 Å². The Bertz CT molecular complexity index is 607. The van der Waals surface area contributed by atoms with E-state index in [1.54, 1.807) is 0 Å². The number of unbranched alkanes of at least 4 members (excludes halogenated alkanes) is 1. The fourth-order valence-electron chi connectivity index (χ4n) is 2.46. The van der Waals surface area contributed by atoms with Gasteiger partial charge in [0.15, 0.2) is 0 Å². The van der Waals surface area contributed by atoms with Crippen molar-refractivity contribution in [2.45, 2.75) is 46.6 Å². The molecule has 2 aromatic rings. The van der Waals surface area contributed by atoms with Gasteiger partial charge in [-0.1, -0.05) is 37.1 Å². The number of aromatic amines is 1. The van der Waals surface area contributed by atoms with E-state index in [1.165, 1.54) is 5.56 Å². The summed E-state index contributed by atoms with van der Waals surface area (Å²) >= 11 is 0. The molecule has 0 aliphatic carbocycles. The second-order valence-electron chi connectivity index (χ2n) is 4.99. The number of benzene rings is 1. The zero-order valence-corrected chi connectivity index (χ0v) is 12.0. The predicted octanol–water partition coefficient (Wildman–Crippen LogP) is 3.51. The van der Waals surface area contributed by atoms with Gasteiger partial charge in [-0.15, -0.1) is 0 Å². The number of rotatable bonds is 5. The summed E-state index contributed by atoms with van der Waals surface area (Å²) in [7, 11) is 0. The second kappa shape index (κ2) is 5.91. The topological polar surface area (TPSA) is 37.8 Å².